The molecule has 0 aliphatic heterocycles. The summed E-state index contributed by atoms with van der Waals surface area (Å²) in [6.45, 7) is 5.22. The number of carbonyl (C=O) groups is 3. The van der Waals surface area contributed by atoms with Crippen molar-refractivity contribution in [3.63, 3.8) is 0 Å². The van der Waals surface area contributed by atoms with Crippen LogP contribution >= 0.6 is 0 Å². The molecule has 0 bridgehead atoms. The Morgan fingerprint density at radius 3 is 2.38 bits per heavy atom. The molecule has 0 rings (SSSR count). The standard InChI is InChI=1S/C11H16O5/c1-3-9(12)8-11(14)16-7-5-6-15-10(13)4-2/h4H,2-3,5-8H2,1H3. The number of ketones is 1. The van der Waals surface area contributed by atoms with Gasteiger partial charge in [-0.25, -0.2) is 4.79 Å². The van der Waals surface area contributed by atoms with E-state index in [-0.39, 0.29) is 25.4 Å². The van der Waals surface area contributed by atoms with Crippen LogP contribution in [0.4, 0.5) is 0 Å². The van der Waals surface area contributed by atoms with Gasteiger partial charge in [0, 0.05) is 18.9 Å². The lowest BCUT2D eigenvalue weighted by atomic mass is 10.2. The molecule has 0 saturated heterocycles. The van der Waals surface area contributed by atoms with Crippen molar-refractivity contribution >= 4 is 17.7 Å². The van der Waals surface area contributed by atoms with Gasteiger partial charge in [0.25, 0.3) is 0 Å². The van der Waals surface area contributed by atoms with Crippen LogP contribution < -0.4 is 0 Å². The van der Waals surface area contributed by atoms with E-state index in [1.165, 1.54) is 0 Å². The molecule has 0 aromatic heterocycles. The summed E-state index contributed by atoms with van der Waals surface area (Å²) < 4.78 is 9.41. The van der Waals surface area contributed by atoms with Crippen molar-refractivity contribution in [2.24, 2.45) is 0 Å². The van der Waals surface area contributed by atoms with Crippen LogP contribution in [0.1, 0.15) is 26.2 Å². The highest BCUT2D eigenvalue weighted by Gasteiger charge is 2.08. The molecule has 0 atom stereocenters. The third kappa shape index (κ3) is 7.73. The van der Waals surface area contributed by atoms with Crippen LogP contribution in [0.2, 0.25) is 0 Å². The first-order valence-electron chi connectivity index (χ1n) is 5.06. The zero-order valence-electron chi connectivity index (χ0n) is 9.36. The molecule has 0 aromatic rings. The molecule has 0 saturated carbocycles. The van der Waals surface area contributed by atoms with E-state index in [1.807, 2.05) is 0 Å². The molecular weight excluding hydrogens is 212 g/mol. The molecule has 0 heterocycles. The zero-order chi connectivity index (χ0) is 12.4. The zero-order valence-corrected chi connectivity index (χ0v) is 9.36. The van der Waals surface area contributed by atoms with E-state index >= 15 is 0 Å². The van der Waals surface area contributed by atoms with Crippen LogP contribution in [0.25, 0.3) is 0 Å². The maximum atomic E-state index is 11.0. The number of Topliss-reactive ketones (excluding diaryl/α,β-unsaturated/α-hetero) is 1. The molecule has 0 N–H and O–H groups in total. The predicted molar refractivity (Wildman–Crippen MR) is 56.6 cm³/mol. The lowest BCUT2D eigenvalue weighted by Gasteiger charge is -2.04. The predicted octanol–water partition coefficient (Wildman–Crippen LogP) is 1.02. The maximum absolute atomic E-state index is 11.0. The number of esters is 2. The first-order valence-corrected chi connectivity index (χ1v) is 5.06. The molecule has 0 radical (unpaired) electrons. The summed E-state index contributed by atoms with van der Waals surface area (Å²) in [5, 5.41) is 0. The first kappa shape index (κ1) is 14.3. The SMILES string of the molecule is C=CC(=O)OCCCOC(=O)CC(=O)CC. The van der Waals surface area contributed by atoms with Gasteiger partial charge in [-0.15, -0.1) is 0 Å². The van der Waals surface area contributed by atoms with E-state index in [0.29, 0.717) is 12.8 Å². The van der Waals surface area contributed by atoms with E-state index in [9.17, 15) is 14.4 Å². The summed E-state index contributed by atoms with van der Waals surface area (Å²) in [4.78, 5) is 32.5. The third-order valence-electron chi connectivity index (χ3n) is 1.70. The van der Waals surface area contributed by atoms with Crippen molar-refractivity contribution in [2.75, 3.05) is 13.2 Å². The number of hydrogen-bond acceptors (Lipinski definition) is 5. The quantitative estimate of drug-likeness (QED) is 0.268. The van der Waals surface area contributed by atoms with Gasteiger partial charge >= 0.3 is 11.9 Å². The van der Waals surface area contributed by atoms with Crippen molar-refractivity contribution in [2.45, 2.75) is 26.2 Å². The Bertz CT molecular complexity index is 270. The van der Waals surface area contributed by atoms with Gasteiger partial charge in [-0.2, -0.15) is 0 Å². The largest absolute Gasteiger partial charge is 0.465 e. The van der Waals surface area contributed by atoms with Gasteiger partial charge in [0.2, 0.25) is 0 Å². The van der Waals surface area contributed by atoms with Gasteiger partial charge in [-0.05, 0) is 0 Å². The molecule has 5 heteroatoms. The van der Waals surface area contributed by atoms with E-state index in [4.69, 9.17) is 4.74 Å². The minimum absolute atomic E-state index is 0.139. The van der Waals surface area contributed by atoms with Gasteiger partial charge in [0.05, 0.1) is 13.2 Å². The van der Waals surface area contributed by atoms with Crippen LogP contribution in [0.15, 0.2) is 12.7 Å². The second kappa shape index (κ2) is 8.64. The van der Waals surface area contributed by atoms with Gasteiger partial charge in [0.15, 0.2) is 0 Å². The highest BCUT2D eigenvalue weighted by atomic mass is 16.5. The summed E-state index contributed by atoms with van der Waals surface area (Å²) in [6, 6.07) is 0. The van der Waals surface area contributed by atoms with Crippen molar-refractivity contribution in [1.29, 1.82) is 0 Å². The first-order chi connectivity index (χ1) is 7.60. The number of rotatable bonds is 8. The highest BCUT2D eigenvalue weighted by Crippen LogP contribution is 1.94. The Balaban J connectivity index is 3.44. The highest BCUT2D eigenvalue weighted by molar-refractivity contribution is 5.95. The molecule has 0 unspecified atom stereocenters. The number of carbonyl (C=O) groups excluding carboxylic acids is 3. The van der Waals surface area contributed by atoms with Crippen LogP contribution in [0, 0.1) is 0 Å². The normalized spacial score (nSPS) is 9.31. The molecule has 0 amide bonds. The summed E-state index contributed by atoms with van der Waals surface area (Å²) in [5.41, 5.74) is 0. The Labute approximate surface area is 94.4 Å². The number of ether oxygens (including phenoxy) is 2. The van der Waals surface area contributed by atoms with E-state index < -0.39 is 11.9 Å². The summed E-state index contributed by atoms with van der Waals surface area (Å²) >= 11 is 0. The van der Waals surface area contributed by atoms with Crippen LogP contribution in [0.3, 0.4) is 0 Å². The molecule has 0 fully saturated rings. The monoisotopic (exact) mass is 228 g/mol. The molecule has 0 aliphatic carbocycles. The second-order valence-electron chi connectivity index (χ2n) is 3.01. The van der Waals surface area contributed by atoms with Crippen molar-refractivity contribution in [3.8, 4) is 0 Å². The molecular formula is C11H16O5. The lowest BCUT2D eigenvalue weighted by Crippen LogP contribution is -2.12. The third-order valence-corrected chi connectivity index (χ3v) is 1.70. The Hall–Kier alpha value is -1.65. The average molecular weight is 228 g/mol. The summed E-state index contributed by atoms with van der Waals surface area (Å²) in [5.74, 6) is -1.20. The molecule has 5 nitrogen and oxygen atoms in total. The molecule has 0 aromatic carbocycles. The van der Waals surface area contributed by atoms with Crippen molar-refractivity contribution in [1.82, 2.24) is 0 Å². The van der Waals surface area contributed by atoms with Gasteiger partial charge in [-0.3, -0.25) is 9.59 Å². The minimum Gasteiger partial charge on any atom is -0.465 e. The fourth-order valence-electron chi connectivity index (χ4n) is 0.814. The Kier molecular flexibility index (Phi) is 7.75. The molecule has 16 heavy (non-hydrogen) atoms. The Morgan fingerprint density at radius 2 is 1.81 bits per heavy atom. The van der Waals surface area contributed by atoms with Crippen molar-refractivity contribution in [3.05, 3.63) is 12.7 Å². The fraction of sp³-hybridized carbons (Fsp3) is 0.545. The Morgan fingerprint density at radius 1 is 1.19 bits per heavy atom. The number of hydrogen-bond donors (Lipinski definition) is 0. The average Bonchev–Trinajstić information content (AvgIpc) is 2.27. The topological polar surface area (TPSA) is 69.7 Å². The van der Waals surface area contributed by atoms with E-state index in [1.54, 1.807) is 6.92 Å². The van der Waals surface area contributed by atoms with Crippen molar-refractivity contribution < 1.29 is 23.9 Å². The smallest absolute Gasteiger partial charge is 0.330 e. The summed E-state index contributed by atoms with van der Waals surface area (Å²) in [6.07, 6.45) is 1.60. The lowest BCUT2D eigenvalue weighted by molar-refractivity contribution is -0.146. The van der Waals surface area contributed by atoms with E-state index in [2.05, 4.69) is 11.3 Å². The van der Waals surface area contributed by atoms with E-state index in [0.717, 1.165) is 6.08 Å². The second-order valence-corrected chi connectivity index (χ2v) is 3.01. The van der Waals surface area contributed by atoms with Gasteiger partial charge < -0.3 is 9.47 Å². The fourth-order valence-corrected chi connectivity index (χ4v) is 0.814. The van der Waals surface area contributed by atoms with Crippen LogP contribution in [0.5, 0.6) is 0 Å². The summed E-state index contributed by atoms with van der Waals surface area (Å²) in [7, 11) is 0. The van der Waals surface area contributed by atoms with Crippen LogP contribution in [-0.4, -0.2) is 30.9 Å². The van der Waals surface area contributed by atoms with Gasteiger partial charge in [-0.1, -0.05) is 13.5 Å². The van der Waals surface area contributed by atoms with Gasteiger partial charge in [0.1, 0.15) is 12.2 Å². The molecule has 0 aliphatic rings. The van der Waals surface area contributed by atoms with Crippen LogP contribution in [-0.2, 0) is 23.9 Å². The molecule has 90 valence electrons. The molecule has 0 spiro atoms. The minimum atomic E-state index is -0.540. The maximum Gasteiger partial charge on any atom is 0.330 e.